The molecule has 1 aromatic heterocycles. The van der Waals surface area contributed by atoms with Gasteiger partial charge in [0.1, 0.15) is 0 Å². The van der Waals surface area contributed by atoms with Gasteiger partial charge >= 0.3 is 0 Å². The topological polar surface area (TPSA) is 38.1 Å². The summed E-state index contributed by atoms with van der Waals surface area (Å²) in [4.78, 5) is 3.81. The molecule has 1 fully saturated rings. The molecule has 2 heterocycles. The van der Waals surface area contributed by atoms with Crippen LogP contribution in [0.1, 0.15) is 30.9 Å². The van der Waals surface area contributed by atoms with E-state index in [2.05, 4.69) is 10.3 Å². The second kappa shape index (κ2) is 4.04. The van der Waals surface area contributed by atoms with Crippen molar-refractivity contribution in [2.75, 3.05) is 6.54 Å². The Kier molecular flexibility index (Phi) is 2.77. The number of nitrogens with zero attached hydrogens (tertiary/aromatic N) is 1. The van der Waals surface area contributed by atoms with Crippen molar-refractivity contribution in [2.45, 2.75) is 31.7 Å². The van der Waals surface area contributed by atoms with Crippen LogP contribution in [-0.2, 0) is 6.42 Å². The van der Waals surface area contributed by atoms with Crippen molar-refractivity contribution in [1.82, 2.24) is 10.3 Å². The minimum Gasteiger partial charge on any atom is -0.440 e. The maximum Gasteiger partial charge on any atom is 0.297 e. The Balaban J connectivity index is 1.95. The van der Waals surface area contributed by atoms with E-state index in [1.54, 1.807) is 0 Å². The molecule has 1 N–H and O–H groups in total. The number of halogens is 2. The second-order valence-corrected chi connectivity index (χ2v) is 3.45. The summed E-state index contributed by atoms with van der Waals surface area (Å²) in [7, 11) is 0. The van der Waals surface area contributed by atoms with Crippen molar-refractivity contribution in [3.63, 3.8) is 0 Å². The molecular formula is C9H12F2N2O. The largest absolute Gasteiger partial charge is 0.440 e. The number of hydrogen-bond donors (Lipinski definition) is 1. The molecule has 1 unspecified atom stereocenters. The fourth-order valence-corrected chi connectivity index (χ4v) is 1.66. The van der Waals surface area contributed by atoms with E-state index in [1.807, 2.05) is 0 Å². The van der Waals surface area contributed by atoms with Crippen LogP contribution in [0.2, 0.25) is 0 Å². The van der Waals surface area contributed by atoms with Gasteiger partial charge in [-0.25, -0.2) is 13.8 Å². The number of alkyl halides is 2. The Labute approximate surface area is 80.5 Å². The first-order valence-electron chi connectivity index (χ1n) is 4.72. The minimum atomic E-state index is -2.56. The van der Waals surface area contributed by atoms with Crippen molar-refractivity contribution in [3.8, 4) is 0 Å². The third-order valence-corrected chi connectivity index (χ3v) is 2.37. The number of nitrogens with one attached hydrogen (secondary N) is 1. The van der Waals surface area contributed by atoms with Gasteiger partial charge < -0.3 is 9.73 Å². The molecule has 1 saturated heterocycles. The standard InChI is InChI=1S/C9H12F2N2O/c10-9(11)7-5-13-8(14-7)4-6-2-1-3-12-6/h5-6,9,12H,1-4H2. The molecule has 14 heavy (non-hydrogen) atoms. The molecule has 0 spiro atoms. The van der Waals surface area contributed by atoms with Gasteiger partial charge in [-0.3, -0.25) is 0 Å². The lowest BCUT2D eigenvalue weighted by molar-refractivity contribution is 0.119. The van der Waals surface area contributed by atoms with Crippen LogP contribution in [0.3, 0.4) is 0 Å². The number of oxazole rings is 1. The van der Waals surface area contributed by atoms with Crippen molar-refractivity contribution >= 4 is 0 Å². The van der Waals surface area contributed by atoms with Gasteiger partial charge in [-0.05, 0) is 19.4 Å². The van der Waals surface area contributed by atoms with Crippen LogP contribution in [0.5, 0.6) is 0 Å². The summed E-state index contributed by atoms with van der Waals surface area (Å²) in [5.74, 6) is 0.0673. The summed E-state index contributed by atoms with van der Waals surface area (Å²) in [6.07, 6.45) is 1.34. The van der Waals surface area contributed by atoms with Crippen LogP contribution in [0.25, 0.3) is 0 Å². The van der Waals surface area contributed by atoms with E-state index >= 15 is 0 Å². The molecule has 0 saturated carbocycles. The highest BCUT2D eigenvalue weighted by molar-refractivity contribution is 4.97. The van der Waals surface area contributed by atoms with Gasteiger partial charge in [0.2, 0.25) is 0 Å². The Hall–Kier alpha value is -0.970. The monoisotopic (exact) mass is 202 g/mol. The molecule has 1 aliphatic rings. The predicted molar refractivity (Wildman–Crippen MR) is 46.2 cm³/mol. The molecule has 5 heteroatoms. The highest BCUT2D eigenvalue weighted by Crippen LogP contribution is 2.20. The SMILES string of the molecule is FC(F)c1cnc(CC2CCCN2)o1. The van der Waals surface area contributed by atoms with E-state index in [-0.39, 0.29) is 5.76 Å². The highest BCUT2D eigenvalue weighted by Gasteiger charge is 2.19. The quantitative estimate of drug-likeness (QED) is 0.813. The summed E-state index contributed by atoms with van der Waals surface area (Å²) in [6, 6.07) is 0.333. The average Bonchev–Trinajstić information content (AvgIpc) is 2.75. The lowest BCUT2D eigenvalue weighted by atomic mass is 10.2. The summed E-state index contributed by atoms with van der Waals surface area (Å²) < 4.78 is 29.2. The fraction of sp³-hybridized carbons (Fsp3) is 0.667. The molecule has 1 aliphatic heterocycles. The molecule has 3 nitrogen and oxygen atoms in total. The lowest BCUT2D eigenvalue weighted by Crippen LogP contribution is -2.23. The fourth-order valence-electron chi connectivity index (χ4n) is 1.66. The highest BCUT2D eigenvalue weighted by atomic mass is 19.3. The molecule has 1 atom stereocenters. The van der Waals surface area contributed by atoms with Gasteiger partial charge in [0.15, 0.2) is 11.7 Å². The first-order valence-corrected chi connectivity index (χ1v) is 4.72. The summed E-state index contributed by atoms with van der Waals surface area (Å²) >= 11 is 0. The van der Waals surface area contributed by atoms with Gasteiger partial charge in [-0.1, -0.05) is 0 Å². The zero-order chi connectivity index (χ0) is 9.97. The molecule has 0 radical (unpaired) electrons. The second-order valence-electron chi connectivity index (χ2n) is 3.45. The molecule has 0 aliphatic carbocycles. The lowest BCUT2D eigenvalue weighted by Gasteiger charge is -2.05. The summed E-state index contributed by atoms with van der Waals surface area (Å²) in [5, 5.41) is 3.26. The van der Waals surface area contributed by atoms with Gasteiger partial charge in [0, 0.05) is 12.5 Å². The Morgan fingerprint density at radius 1 is 1.64 bits per heavy atom. The van der Waals surface area contributed by atoms with Gasteiger partial charge in [-0.15, -0.1) is 0 Å². The van der Waals surface area contributed by atoms with E-state index in [0.717, 1.165) is 25.6 Å². The maximum atomic E-state index is 12.1. The number of aromatic nitrogens is 1. The Morgan fingerprint density at radius 3 is 3.07 bits per heavy atom. The average molecular weight is 202 g/mol. The van der Waals surface area contributed by atoms with Crippen LogP contribution in [0.4, 0.5) is 8.78 Å². The van der Waals surface area contributed by atoms with Crippen molar-refractivity contribution in [1.29, 1.82) is 0 Å². The van der Waals surface area contributed by atoms with Crippen LogP contribution in [0, 0.1) is 0 Å². The van der Waals surface area contributed by atoms with Crippen molar-refractivity contribution in [2.24, 2.45) is 0 Å². The molecule has 2 rings (SSSR count). The predicted octanol–water partition coefficient (Wildman–Crippen LogP) is 1.91. The van der Waals surface area contributed by atoms with E-state index < -0.39 is 6.43 Å². The zero-order valence-electron chi connectivity index (χ0n) is 7.67. The van der Waals surface area contributed by atoms with Crippen LogP contribution >= 0.6 is 0 Å². The van der Waals surface area contributed by atoms with Crippen LogP contribution < -0.4 is 5.32 Å². The van der Waals surface area contributed by atoms with Crippen molar-refractivity contribution < 1.29 is 13.2 Å². The van der Waals surface area contributed by atoms with Gasteiger partial charge in [0.05, 0.1) is 6.20 Å². The summed E-state index contributed by atoms with van der Waals surface area (Å²) in [6.45, 7) is 0.993. The van der Waals surface area contributed by atoms with Gasteiger partial charge in [0.25, 0.3) is 6.43 Å². The normalized spacial score (nSPS) is 22.1. The van der Waals surface area contributed by atoms with Crippen molar-refractivity contribution in [3.05, 3.63) is 17.8 Å². The third-order valence-electron chi connectivity index (χ3n) is 2.37. The first kappa shape index (κ1) is 9.58. The van der Waals surface area contributed by atoms with Crippen LogP contribution in [0.15, 0.2) is 10.6 Å². The van der Waals surface area contributed by atoms with E-state index in [9.17, 15) is 8.78 Å². The van der Waals surface area contributed by atoms with Gasteiger partial charge in [-0.2, -0.15) is 0 Å². The Morgan fingerprint density at radius 2 is 2.50 bits per heavy atom. The maximum absolute atomic E-state index is 12.1. The number of rotatable bonds is 3. The molecule has 0 bridgehead atoms. The van der Waals surface area contributed by atoms with E-state index in [1.165, 1.54) is 0 Å². The summed E-state index contributed by atoms with van der Waals surface area (Å²) in [5.41, 5.74) is 0. The zero-order valence-corrected chi connectivity index (χ0v) is 7.67. The first-order chi connectivity index (χ1) is 6.75. The number of hydrogen-bond acceptors (Lipinski definition) is 3. The van der Waals surface area contributed by atoms with E-state index in [4.69, 9.17) is 4.42 Å². The molecule has 78 valence electrons. The Bertz CT molecular complexity index is 295. The van der Waals surface area contributed by atoms with Crippen LogP contribution in [-0.4, -0.2) is 17.6 Å². The molecule has 0 aromatic carbocycles. The molecule has 1 aromatic rings. The smallest absolute Gasteiger partial charge is 0.297 e. The minimum absolute atomic E-state index is 0.333. The molecular weight excluding hydrogens is 190 g/mol. The van der Waals surface area contributed by atoms with E-state index in [0.29, 0.717) is 18.4 Å². The molecule has 0 amide bonds. The third kappa shape index (κ3) is 2.09.